The molecule has 0 unspecified atom stereocenters. The Labute approximate surface area is 396 Å². The van der Waals surface area contributed by atoms with E-state index in [9.17, 15) is 14.4 Å². The van der Waals surface area contributed by atoms with E-state index >= 15 is 0 Å². The Kier molecular flexibility index (Phi) is 54.6. The lowest BCUT2D eigenvalue weighted by Gasteiger charge is -2.09. The van der Waals surface area contributed by atoms with Gasteiger partial charge in [0.15, 0.2) is 0 Å². The Bertz CT molecular complexity index is 1090. The molecule has 0 atom stereocenters. The van der Waals surface area contributed by atoms with Crippen molar-refractivity contribution in [1.29, 1.82) is 0 Å². The molecule has 0 saturated carbocycles. The first kappa shape index (κ1) is 63.5. The van der Waals surface area contributed by atoms with Gasteiger partial charge in [-0.15, -0.1) is 0 Å². The second-order valence-electron chi connectivity index (χ2n) is 15.6. The third kappa shape index (κ3) is 57.6. The highest BCUT2D eigenvalue weighted by molar-refractivity contribution is 5.78. The fourth-order valence-electron chi connectivity index (χ4n) is 6.25. The number of hydrogen-bond donors (Lipinski definition) is 2. The van der Waals surface area contributed by atoms with Crippen molar-refractivity contribution in [2.45, 2.75) is 128 Å². The van der Waals surface area contributed by atoms with E-state index in [4.69, 9.17) is 62.7 Å². The zero-order valence-corrected chi connectivity index (χ0v) is 40.6. The molecule has 19 heteroatoms. The lowest BCUT2D eigenvalue weighted by atomic mass is 10.0. The molecule has 0 aliphatic rings. The summed E-state index contributed by atoms with van der Waals surface area (Å²) in [7, 11) is 0. The van der Waals surface area contributed by atoms with Crippen LogP contribution in [0.15, 0.2) is 5.11 Å². The number of carboxylic acid groups (broad SMARTS) is 1. The Morgan fingerprint density at radius 3 is 0.939 bits per heavy atom. The van der Waals surface area contributed by atoms with Crippen LogP contribution in [0.2, 0.25) is 0 Å². The average molecular weight is 951 g/mol. The van der Waals surface area contributed by atoms with Crippen LogP contribution in [0.25, 0.3) is 10.4 Å². The maximum atomic E-state index is 12.2. The van der Waals surface area contributed by atoms with Gasteiger partial charge < -0.3 is 62.5 Å². The van der Waals surface area contributed by atoms with Gasteiger partial charge >= 0.3 is 5.97 Å². The van der Waals surface area contributed by atoms with Crippen molar-refractivity contribution in [2.24, 2.45) is 5.11 Å². The van der Waals surface area contributed by atoms with E-state index < -0.39 is 5.97 Å². The largest absolute Gasteiger partial charge is 0.481 e. The van der Waals surface area contributed by atoms with Crippen LogP contribution in [-0.4, -0.2) is 181 Å². The summed E-state index contributed by atoms with van der Waals surface area (Å²) in [6.45, 7) is 11.0. The number of hydrogen-bond acceptors (Lipinski definition) is 15. The number of nitrogens with zero attached hydrogens (tertiary/aromatic N) is 3. The predicted octanol–water partition coefficient (Wildman–Crippen LogP) is 7.05. The molecule has 0 saturated heterocycles. The molecule has 0 spiro atoms. The van der Waals surface area contributed by atoms with Crippen LogP contribution in [-0.2, 0) is 66.5 Å². The highest BCUT2D eigenvalue weighted by Gasteiger charge is 2.05. The van der Waals surface area contributed by atoms with Gasteiger partial charge in [-0.1, -0.05) is 82.2 Å². The number of ketones is 1. The summed E-state index contributed by atoms with van der Waals surface area (Å²) in [5, 5.41) is 14.9. The van der Waals surface area contributed by atoms with Gasteiger partial charge in [-0.2, -0.15) is 0 Å². The summed E-state index contributed by atoms with van der Waals surface area (Å²) in [6, 6.07) is 0. The van der Waals surface area contributed by atoms with E-state index in [2.05, 4.69) is 15.3 Å². The van der Waals surface area contributed by atoms with Crippen LogP contribution in [0.4, 0.5) is 0 Å². The fraction of sp³-hybridized carbons (Fsp3) is 0.936. The molecule has 0 radical (unpaired) electrons. The number of aliphatic carboxylic acids is 1. The average Bonchev–Trinajstić information content (AvgIpc) is 3.31. The quantitative estimate of drug-likeness (QED) is 0.0269. The van der Waals surface area contributed by atoms with Crippen molar-refractivity contribution in [3.05, 3.63) is 10.4 Å². The minimum Gasteiger partial charge on any atom is -0.481 e. The molecule has 0 aromatic carbocycles. The van der Waals surface area contributed by atoms with Gasteiger partial charge in [0.25, 0.3) is 0 Å². The van der Waals surface area contributed by atoms with Crippen molar-refractivity contribution in [3.63, 3.8) is 0 Å². The Balaban J connectivity index is 3.21. The lowest BCUT2D eigenvalue weighted by Crippen LogP contribution is -2.27. The number of unbranched alkanes of at least 4 members (excludes halogenated alkanes) is 14. The lowest BCUT2D eigenvalue weighted by molar-refractivity contribution is -0.137. The van der Waals surface area contributed by atoms with Crippen molar-refractivity contribution >= 4 is 17.7 Å². The van der Waals surface area contributed by atoms with E-state index in [1.54, 1.807) is 0 Å². The predicted molar refractivity (Wildman–Crippen MR) is 251 cm³/mol. The first-order valence-corrected chi connectivity index (χ1v) is 24.9. The molecule has 0 heterocycles. The number of carbonyl (C=O) groups excluding carboxylic acids is 2. The van der Waals surface area contributed by atoms with Crippen LogP contribution >= 0.6 is 0 Å². The van der Waals surface area contributed by atoms with E-state index in [-0.39, 0.29) is 5.91 Å². The first-order valence-electron chi connectivity index (χ1n) is 24.9. The van der Waals surface area contributed by atoms with Crippen LogP contribution in [0.3, 0.4) is 0 Å². The monoisotopic (exact) mass is 951 g/mol. The molecule has 1 amide bonds. The summed E-state index contributed by atoms with van der Waals surface area (Å²) in [4.78, 5) is 37.4. The number of rotatable bonds is 58. The molecule has 0 aromatic rings. The zero-order chi connectivity index (χ0) is 47.7. The van der Waals surface area contributed by atoms with Crippen molar-refractivity contribution in [1.82, 2.24) is 5.32 Å². The fourth-order valence-corrected chi connectivity index (χ4v) is 6.25. The number of carboxylic acids is 1. The first-order chi connectivity index (χ1) is 32.6. The van der Waals surface area contributed by atoms with E-state index in [1.165, 1.54) is 57.8 Å². The second kappa shape index (κ2) is 56.8. The summed E-state index contributed by atoms with van der Waals surface area (Å²) in [5.74, 6) is -0.390. The van der Waals surface area contributed by atoms with Crippen molar-refractivity contribution in [2.75, 3.05) is 158 Å². The molecule has 66 heavy (non-hydrogen) atoms. The van der Waals surface area contributed by atoms with E-state index in [0.717, 1.165) is 44.9 Å². The number of ether oxygens (including phenoxy) is 11. The molecular weight excluding hydrogens is 861 g/mol. The Morgan fingerprint density at radius 1 is 0.364 bits per heavy atom. The van der Waals surface area contributed by atoms with Gasteiger partial charge in [0.1, 0.15) is 5.78 Å². The standard InChI is InChI=1S/C47H90N4O15/c48-51-50-22-24-57-26-28-59-30-32-61-34-36-63-38-40-65-42-44-66-43-41-64-39-37-62-35-33-60-31-29-58-27-25-56-23-21-49-46(53)19-16-15-18-45(52)17-13-11-9-7-5-3-1-2-4-6-8-10-12-14-20-47(54)55/h1-44H2,(H,49,53)(H,54,55). The van der Waals surface area contributed by atoms with Gasteiger partial charge in [-0.25, -0.2) is 0 Å². The normalized spacial score (nSPS) is 11.3. The highest BCUT2D eigenvalue weighted by atomic mass is 16.6. The third-order valence-corrected chi connectivity index (χ3v) is 9.89. The number of azide groups is 1. The second-order valence-corrected chi connectivity index (χ2v) is 15.6. The van der Waals surface area contributed by atoms with Gasteiger partial charge in [0.2, 0.25) is 5.91 Å². The smallest absolute Gasteiger partial charge is 0.303 e. The van der Waals surface area contributed by atoms with Gasteiger partial charge in [-0.05, 0) is 31.2 Å². The highest BCUT2D eigenvalue weighted by Crippen LogP contribution is 2.14. The topological polar surface area (TPSA) is 234 Å². The number of nitrogens with one attached hydrogen (secondary N) is 1. The Morgan fingerprint density at radius 2 is 0.621 bits per heavy atom. The number of carbonyl (C=O) groups is 3. The van der Waals surface area contributed by atoms with Crippen LogP contribution in [0.1, 0.15) is 128 Å². The number of amides is 1. The van der Waals surface area contributed by atoms with Crippen LogP contribution in [0.5, 0.6) is 0 Å². The molecule has 19 nitrogen and oxygen atoms in total. The Hall–Kier alpha value is -2.52. The molecule has 0 rings (SSSR count). The van der Waals surface area contributed by atoms with Crippen LogP contribution < -0.4 is 5.32 Å². The maximum Gasteiger partial charge on any atom is 0.303 e. The third-order valence-electron chi connectivity index (χ3n) is 9.89. The van der Waals surface area contributed by atoms with Gasteiger partial charge in [0, 0.05) is 43.7 Å². The minimum atomic E-state index is -0.688. The number of Topliss-reactive ketones (excluding diaryl/α,β-unsaturated/α-hetero) is 1. The van der Waals surface area contributed by atoms with Gasteiger partial charge in [0.05, 0.1) is 145 Å². The molecule has 388 valence electrons. The maximum absolute atomic E-state index is 12.2. The summed E-state index contributed by atoms with van der Waals surface area (Å²) >= 11 is 0. The van der Waals surface area contributed by atoms with E-state index in [1.807, 2.05) is 0 Å². The van der Waals surface area contributed by atoms with Crippen molar-refractivity contribution in [3.8, 4) is 0 Å². The molecule has 0 fully saturated rings. The van der Waals surface area contributed by atoms with Gasteiger partial charge in [-0.3, -0.25) is 14.4 Å². The van der Waals surface area contributed by atoms with Crippen molar-refractivity contribution < 1.29 is 71.6 Å². The molecule has 2 N–H and O–H groups in total. The molecule has 0 aliphatic heterocycles. The van der Waals surface area contributed by atoms with E-state index in [0.29, 0.717) is 190 Å². The molecule has 0 aromatic heterocycles. The summed E-state index contributed by atoms with van der Waals surface area (Å²) < 4.78 is 60.0. The van der Waals surface area contributed by atoms with Crippen LogP contribution in [0, 0.1) is 0 Å². The minimum absolute atomic E-state index is 0.0109. The SMILES string of the molecule is [N-]=[N+]=NCCOCCOCCOCCOCCOCCOCCOCCOCCOCCOCCOCCNC(=O)CCCCC(=O)CCCCCCCCCCCCCCCCC(=O)O. The molecule has 0 bridgehead atoms. The zero-order valence-electron chi connectivity index (χ0n) is 40.6. The summed E-state index contributed by atoms with van der Waals surface area (Å²) in [6.07, 6.45) is 19.9. The summed E-state index contributed by atoms with van der Waals surface area (Å²) in [5.41, 5.74) is 8.16. The molecular formula is C47H90N4O15. The molecule has 0 aliphatic carbocycles.